The van der Waals surface area contributed by atoms with E-state index in [1.807, 2.05) is 48.7 Å². The van der Waals surface area contributed by atoms with Crippen molar-refractivity contribution in [2.45, 2.75) is 52.4 Å². The van der Waals surface area contributed by atoms with Crippen LogP contribution in [0, 0.1) is 5.92 Å². The average Bonchev–Trinajstić information content (AvgIpc) is 3.11. The maximum Gasteiger partial charge on any atom is 0.154 e. The molecule has 3 N–H and O–H groups in total. The first-order valence-electron chi connectivity index (χ1n) is 16.5. The third kappa shape index (κ3) is 8.78. The quantitative estimate of drug-likeness (QED) is 0.142. The van der Waals surface area contributed by atoms with Crippen LogP contribution >= 0.6 is 15.9 Å². The van der Waals surface area contributed by atoms with E-state index in [4.69, 9.17) is 4.98 Å². The molecule has 1 aliphatic heterocycles. The summed E-state index contributed by atoms with van der Waals surface area (Å²) < 4.78 is 0.904. The smallest absolute Gasteiger partial charge is 0.154 e. The lowest BCUT2D eigenvalue weighted by Gasteiger charge is -2.32. The van der Waals surface area contributed by atoms with Gasteiger partial charge in [0.05, 0.1) is 46.3 Å². The van der Waals surface area contributed by atoms with Gasteiger partial charge in [-0.3, -0.25) is 9.97 Å². The largest absolute Gasteiger partial charge is 0.396 e. The van der Waals surface area contributed by atoms with E-state index in [-0.39, 0.29) is 6.61 Å². The van der Waals surface area contributed by atoms with Gasteiger partial charge in [-0.1, -0.05) is 27.7 Å². The van der Waals surface area contributed by atoms with Gasteiger partial charge in [-0.05, 0) is 106 Å². The molecule has 0 aromatic carbocycles. The van der Waals surface area contributed by atoms with E-state index in [0.717, 1.165) is 80.9 Å². The first-order valence-corrected chi connectivity index (χ1v) is 17.3. The topological polar surface area (TPSA) is 151 Å². The van der Waals surface area contributed by atoms with Gasteiger partial charge in [-0.25, -0.2) is 9.97 Å². The van der Waals surface area contributed by atoms with Crippen molar-refractivity contribution in [1.82, 2.24) is 40.3 Å². The van der Waals surface area contributed by atoms with E-state index in [0.29, 0.717) is 29.4 Å². The summed E-state index contributed by atoms with van der Waals surface area (Å²) in [6, 6.07) is 15.7. The second-order valence-corrected chi connectivity index (χ2v) is 13.7. The molecule has 0 unspecified atom stereocenters. The van der Waals surface area contributed by atoms with Crippen LogP contribution in [-0.2, 0) is 0 Å². The summed E-state index contributed by atoms with van der Waals surface area (Å²) >= 11 is 3.40. The third-order valence-corrected chi connectivity index (χ3v) is 8.90. The summed E-state index contributed by atoms with van der Waals surface area (Å²) in [6.45, 7) is 10.7. The highest BCUT2D eigenvalue weighted by Crippen LogP contribution is 2.26. The van der Waals surface area contributed by atoms with Gasteiger partial charge in [0.25, 0.3) is 0 Å². The number of aliphatic hydroxyl groups excluding tert-OH is 1. The second kappa shape index (κ2) is 15.6. The normalized spacial score (nSPS) is 13.5. The van der Waals surface area contributed by atoms with E-state index >= 15 is 0 Å². The lowest BCUT2D eigenvalue weighted by Crippen LogP contribution is -2.34. The van der Waals surface area contributed by atoms with Gasteiger partial charge in [0, 0.05) is 30.4 Å². The number of aromatic nitrogens is 8. The van der Waals surface area contributed by atoms with Gasteiger partial charge in [0.15, 0.2) is 11.6 Å². The molecule has 0 saturated carbocycles. The molecule has 0 spiro atoms. The third-order valence-electron chi connectivity index (χ3n) is 8.46. The first kappa shape index (κ1) is 34.0. The number of nitrogens with zero attached hydrogens (tertiary/aromatic N) is 9. The Morgan fingerprint density at radius 1 is 0.694 bits per heavy atom. The molecule has 0 aliphatic carbocycles. The van der Waals surface area contributed by atoms with Crippen LogP contribution in [0.2, 0.25) is 0 Å². The summed E-state index contributed by atoms with van der Waals surface area (Å²) in [6.07, 6.45) is 9.26. The van der Waals surface area contributed by atoms with Crippen molar-refractivity contribution in [1.29, 1.82) is 0 Å². The highest BCUT2D eigenvalue weighted by atomic mass is 79.9. The van der Waals surface area contributed by atoms with Crippen LogP contribution in [0.25, 0.3) is 22.1 Å². The Morgan fingerprint density at radius 2 is 1.22 bits per heavy atom. The monoisotopic (exact) mass is 721 g/mol. The molecule has 0 atom stereocenters. The summed E-state index contributed by atoms with van der Waals surface area (Å²) in [5.41, 5.74) is 6.73. The van der Waals surface area contributed by atoms with Gasteiger partial charge < -0.3 is 20.6 Å². The standard InChI is InChI=1S/C21H26N6O.C15H14BrN5/c1-14(2)16-9-21(26-23-11-16)25-20-4-3-18-19(24-20)10-17(12-22-18)27-7-5-15(13-28)6-8-27;1-9(2)10-5-15(21-18-7-10)20-14-4-3-12-13(19-14)6-11(16)8-17-12/h3-4,9-12,14-15,28H,5-8,13H2,1-2H3,(H,24,25,26);3-9H,1-2H3,(H,19,20,21). The molecule has 1 fully saturated rings. The molecule has 0 amide bonds. The zero-order chi connectivity index (χ0) is 34.3. The van der Waals surface area contributed by atoms with Crippen molar-refractivity contribution in [3.8, 4) is 0 Å². The van der Waals surface area contributed by atoms with Gasteiger partial charge >= 0.3 is 0 Å². The summed E-state index contributed by atoms with van der Waals surface area (Å²) in [4.78, 5) is 20.4. The van der Waals surface area contributed by atoms with Gasteiger partial charge in [-0.15, -0.1) is 10.2 Å². The molecule has 1 aliphatic rings. The van der Waals surface area contributed by atoms with Crippen molar-refractivity contribution < 1.29 is 5.11 Å². The Morgan fingerprint density at radius 3 is 1.76 bits per heavy atom. The maximum absolute atomic E-state index is 9.33. The Labute approximate surface area is 294 Å². The first-order chi connectivity index (χ1) is 23.7. The van der Waals surface area contributed by atoms with Crippen LogP contribution in [0.3, 0.4) is 0 Å². The minimum Gasteiger partial charge on any atom is -0.396 e. The Bertz CT molecular complexity index is 2030. The van der Waals surface area contributed by atoms with Crippen molar-refractivity contribution in [2.75, 3.05) is 35.2 Å². The highest BCUT2D eigenvalue weighted by molar-refractivity contribution is 9.10. The predicted molar refractivity (Wildman–Crippen MR) is 198 cm³/mol. The molecule has 252 valence electrons. The van der Waals surface area contributed by atoms with E-state index in [1.165, 1.54) is 0 Å². The van der Waals surface area contributed by atoms with Crippen molar-refractivity contribution in [3.63, 3.8) is 0 Å². The van der Waals surface area contributed by atoms with Gasteiger partial charge in [-0.2, -0.15) is 10.2 Å². The minimum atomic E-state index is 0.279. The van der Waals surface area contributed by atoms with E-state index < -0.39 is 0 Å². The number of hydrogen-bond acceptors (Lipinski definition) is 12. The van der Waals surface area contributed by atoms with Crippen LogP contribution in [0.4, 0.5) is 29.0 Å². The Kier molecular flexibility index (Phi) is 10.8. The van der Waals surface area contributed by atoms with E-state index in [2.05, 4.69) is 101 Å². The lowest BCUT2D eigenvalue weighted by atomic mass is 9.97. The van der Waals surface area contributed by atoms with Crippen LogP contribution in [-0.4, -0.2) is 65.1 Å². The molecule has 7 rings (SSSR count). The predicted octanol–water partition coefficient (Wildman–Crippen LogP) is 7.54. The van der Waals surface area contributed by atoms with E-state index in [9.17, 15) is 5.11 Å². The summed E-state index contributed by atoms with van der Waals surface area (Å²) in [5, 5.41) is 32.1. The molecule has 7 heterocycles. The van der Waals surface area contributed by atoms with Crippen LogP contribution < -0.4 is 15.5 Å². The van der Waals surface area contributed by atoms with E-state index in [1.54, 1.807) is 18.6 Å². The molecule has 13 heteroatoms. The Hall–Kier alpha value is -4.88. The number of nitrogens with one attached hydrogen (secondary N) is 2. The van der Waals surface area contributed by atoms with Crippen molar-refractivity contribution in [3.05, 3.63) is 88.9 Å². The van der Waals surface area contributed by atoms with Crippen molar-refractivity contribution in [2.24, 2.45) is 5.92 Å². The number of rotatable bonds is 8. The molecule has 6 aromatic heterocycles. The second-order valence-electron chi connectivity index (χ2n) is 12.7. The highest BCUT2D eigenvalue weighted by Gasteiger charge is 2.19. The SMILES string of the molecule is CC(C)c1cnnc(Nc2ccc3ncc(Br)cc3n2)c1.CC(C)c1cnnc(Nc2ccc3ncc(N4CCC(CO)CC4)cc3n2)c1. The average molecular weight is 723 g/mol. The molecule has 6 aromatic rings. The number of hydrogen-bond donors (Lipinski definition) is 3. The molecular weight excluding hydrogens is 682 g/mol. The summed E-state index contributed by atoms with van der Waals surface area (Å²) in [7, 11) is 0. The zero-order valence-electron chi connectivity index (χ0n) is 28.0. The fraction of sp³-hybridized carbons (Fsp3) is 0.333. The lowest BCUT2D eigenvalue weighted by molar-refractivity contribution is 0.203. The molecule has 12 nitrogen and oxygen atoms in total. The summed E-state index contributed by atoms with van der Waals surface area (Å²) in [5.74, 6) is 4.04. The maximum atomic E-state index is 9.33. The Balaban J connectivity index is 0.000000177. The number of fused-ring (bicyclic) bond motifs is 2. The van der Waals surface area contributed by atoms with Crippen LogP contribution in [0.1, 0.15) is 63.5 Å². The zero-order valence-corrected chi connectivity index (χ0v) is 29.6. The van der Waals surface area contributed by atoms with Gasteiger partial charge in [0.1, 0.15) is 11.6 Å². The molecule has 1 saturated heterocycles. The fourth-order valence-corrected chi connectivity index (χ4v) is 5.76. The molecule has 49 heavy (non-hydrogen) atoms. The van der Waals surface area contributed by atoms with Gasteiger partial charge in [0.2, 0.25) is 0 Å². The number of anilines is 5. The number of halogens is 1. The molecular formula is C36H40BrN11O. The minimum absolute atomic E-state index is 0.279. The number of pyridine rings is 4. The van der Waals surface area contributed by atoms with Crippen molar-refractivity contribution >= 4 is 67.0 Å². The number of piperidine rings is 1. The molecule has 0 bridgehead atoms. The van der Waals surface area contributed by atoms with Crippen LogP contribution in [0.5, 0.6) is 0 Å². The number of aliphatic hydroxyl groups is 1. The molecule has 0 radical (unpaired) electrons. The fourth-order valence-electron chi connectivity index (χ4n) is 5.44. The van der Waals surface area contributed by atoms with Crippen LogP contribution in [0.15, 0.2) is 77.8 Å².